The number of rotatable bonds is 9. The molecule has 3 aromatic rings. The van der Waals surface area contributed by atoms with E-state index < -0.39 is 6.67 Å². The first-order chi connectivity index (χ1) is 15.6. The molecule has 6 nitrogen and oxygen atoms in total. The molecular formula is C23H23FN2O4S2. The quantitative estimate of drug-likeness (QED) is 0.465. The molecule has 1 aromatic heterocycles. The molecule has 2 N–H and O–H groups in total. The van der Waals surface area contributed by atoms with E-state index in [1.165, 1.54) is 0 Å². The SMILES string of the molecule is [O-]c1ccc2c(c1)N(CCO)/C(=C/C=C/c1sc3ccc(OCC[18F])cc3[n+]1CCO)S2. The Hall–Kier alpha value is -2.59. The van der Waals surface area contributed by atoms with Gasteiger partial charge in [-0.1, -0.05) is 35.2 Å². The summed E-state index contributed by atoms with van der Waals surface area (Å²) in [7, 11) is 0. The van der Waals surface area contributed by atoms with Crippen LogP contribution in [-0.2, 0) is 6.54 Å². The number of fused-ring (bicyclic) bond motifs is 2. The predicted molar refractivity (Wildman–Crippen MR) is 124 cm³/mol. The third-order valence-electron chi connectivity index (χ3n) is 4.87. The molecule has 32 heavy (non-hydrogen) atoms. The summed E-state index contributed by atoms with van der Waals surface area (Å²) in [4.78, 5) is 2.92. The Morgan fingerprint density at radius 2 is 2.03 bits per heavy atom. The number of hydrogen-bond acceptors (Lipinski definition) is 7. The maximum Gasteiger partial charge on any atom is 0.262 e. The van der Waals surface area contributed by atoms with Gasteiger partial charge in [-0.05, 0) is 30.3 Å². The molecule has 0 bridgehead atoms. The van der Waals surface area contributed by atoms with Gasteiger partial charge < -0.3 is 25.0 Å². The van der Waals surface area contributed by atoms with E-state index in [2.05, 4.69) is 0 Å². The Kier molecular flexibility index (Phi) is 7.31. The van der Waals surface area contributed by atoms with Gasteiger partial charge >= 0.3 is 0 Å². The van der Waals surface area contributed by atoms with E-state index in [1.807, 2.05) is 45.9 Å². The van der Waals surface area contributed by atoms with Crippen LogP contribution in [0.25, 0.3) is 16.3 Å². The highest BCUT2D eigenvalue weighted by Gasteiger charge is 2.24. The normalized spacial score (nSPS) is 14.7. The lowest BCUT2D eigenvalue weighted by atomic mass is 10.2. The summed E-state index contributed by atoms with van der Waals surface area (Å²) in [5.74, 6) is 0.532. The zero-order chi connectivity index (χ0) is 22.5. The van der Waals surface area contributed by atoms with Crippen LogP contribution in [0.3, 0.4) is 0 Å². The number of alkyl halides is 1. The number of thiazole rings is 1. The zero-order valence-corrected chi connectivity index (χ0v) is 18.9. The van der Waals surface area contributed by atoms with Crippen LogP contribution in [0.15, 0.2) is 58.5 Å². The van der Waals surface area contributed by atoms with Crippen LogP contribution in [0.1, 0.15) is 5.01 Å². The first kappa shape index (κ1) is 22.6. The van der Waals surface area contributed by atoms with Crippen LogP contribution < -0.4 is 19.3 Å². The van der Waals surface area contributed by atoms with Crippen LogP contribution in [0.5, 0.6) is 11.5 Å². The van der Waals surface area contributed by atoms with E-state index in [0.29, 0.717) is 18.8 Å². The molecular weight excluding hydrogens is 450 g/mol. The van der Waals surface area contributed by atoms with Crippen molar-refractivity contribution in [1.29, 1.82) is 0 Å². The van der Waals surface area contributed by atoms with Gasteiger partial charge in [0.05, 0.1) is 23.4 Å². The van der Waals surface area contributed by atoms with Gasteiger partial charge in [0.25, 0.3) is 5.01 Å². The van der Waals surface area contributed by atoms with Crippen molar-refractivity contribution < 1.29 is 29.0 Å². The van der Waals surface area contributed by atoms with Gasteiger partial charge in [-0.3, -0.25) is 0 Å². The van der Waals surface area contributed by atoms with Crippen molar-refractivity contribution in [2.75, 3.05) is 37.9 Å². The Morgan fingerprint density at radius 1 is 1.16 bits per heavy atom. The lowest BCUT2D eigenvalue weighted by molar-refractivity contribution is -0.670. The molecule has 0 spiro atoms. The van der Waals surface area contributed by atoms with Gasteiger partial charge in [0.2, 0.25) is 5.52 Å². The Labute approximate surface area is 193 Å². The van der Waals surface area contributed by atoms with E-state index in [0.717, 1.165) is 30.8 Å². The highest BCUT2D eigenvalue weighted by atomic mass is 32.2. The monoisotopic (exact) mass is 473 g/mol. The van der Waals surface area contributed by atoms with Crippen LogP contribution in [0.2, 0.25) is 0 Å². The average Bonchev–Trinajstić information content (AvgIpc) is 3.30. The minimum atomic E-state index is -0.549. The number of ether oxygens (including phenoxy) is 1. The van der Waals surface area contributed by atoms with Gasteiger partial charge in [-0.25, -0.2) is 4.39 Å². The number of anilines is 1. The molecule has 0 atom stereocenters. The Morgan fingerprint density at radius 3 is 2.81 bits per heavy atom. The van der Waals surface area contributed by atoms with Crippen LogP contribution in [0.4, 0.5) is 10.1 Å². The minimum absolute atomic E-state index is 0.00814. The van der Waals surface area contributed by atoms with Crippen molar-refractivity contribution in [3.8, 4) is 11.5 Å². The van der Waals surface area contributed by atoms with E-state index in [9.17, 15) is 19.7 Å². The molecule has 4 rings (SSSR count). The summed E-state index contributed by atoms with van der Waals surface area (Å²) >= 11 is 3.14. The molecule has 0 saturated heterocycles. The second-order valence-electron chi connectivity index (χ2n) is 6.95. The molecule has 0 saturated carbocycles. The second-order valence-corrected chi connectivity index (χ2v) is 9.08. The number of hydrogen-bond donors (Lipinski definition) is 2. The van der Waals surface area contributed by atoms with Crippen molar-refractivity contribution >= 4 is 45.1 Å². The van der Waals surface area contributed by atoms with Crippen molar-refractivity contribution in [2.24, 2.45) is 0 Å². The number of aromatic nitrogens is 1. The molecule has 168 valence electrons. The fraction of sp³-hybridized carbons (Fsp3) is 0.261. The van der Waals surface area contributed by atoms with Crippen molar-refractivity contribution in [2.45, 2.75) is 11.4 Å². The maximum atomic E-state index is 12.4. The highest BCUT2D eigenvalue weighted by molar-refractivity contribution is 8.03. The summed E-state index contributed by atoms with van der Waals surface area (Å²) in [6.45, 7) is 0.245. The Balaban J connectivity index is 1.63. The molecule has 2 aromatic carbocycles. The van der Waals surface area contributed by atoms with Crippen LogP contribution in [-0.4, -0.2) is 43.3 Å². The number of halogens is 1. The first-order valence-electron chi connectivity index (χ1n) is 10.2. The number of aliphatic hydroxyl groups excluding tert-OH is 2. The second kappa shape index (κ2) is 10.4. The summed E-state index contributed by atoms with van der Waals surface area (Å²) in [6, 6.07) is 10.6. The summed E-state index contributed by atoms with van der Waals surface area (Å²) in [5.41, 5.74) is 1.73. The lowest BCUT2D eigenvalue weighted by Gasteiger charge is -2.20. The summed E-state index contributed by atoms with van der Waals surface area (Å²) in [6.07, 6.45) is 5.85. The molecule has 9 heteroatoms. The Bertz CT molecular complexity index is 1160. The van der Waals surface area contributed by atoms with Crippen LogP contribution >= 0.6 is 23.1 Å². The topological polar surface area (TPSA) is 79.9 Å². The number of β-amino-alcohol motifs (C(OH)–C–C–N with tert-alkyl or cyclic N) is 1. The molecule has 0 fully saturated rings. The fourth-order valence-corrected chi connectivity index (χ4v) is 5.69. The smallest absolute Gasteiger partial charge is 0.262 e. The lowest BCUT2D eigenvalue weighted by Crippen LogP contribution is -2.36. The third-order valence-corrected chi connectivity index (χ3v) is 7.14. The van der Waals surface area contributed by atoms with E-state index >= 15 is 0 Å². The fourth-order valence-electron chi connectivity index (χ4n) is 3.53. The third kappa shape index (κ3) is 4.75. The molecule has 0 aliphatic carbocycles. The molecule has 1 aliphatic rings. The molecule has 2 heterocycles. The highest BCUT2D eigenvalue weighted by Crippen LogP contribution is 2.46. The number of allylic oxidation sites excluding steroid dienone is 2. The molecule has 0 amide bonds. The average molecular weight is 474 g/mol. The standard InChI is InChI=1S/C23H23FN2O4S2/c24-8-13-30-17-5-7-21-19(15-17)26(10-12-28)23(32-21)3-1-2-22-25(9-11-27)18-14-16(29)4-6-20(18)31-22/h1-7,14-15,27-28H,8-13H2/i24-1. The van der Waals surface area contributed by atoms with Crippen LogP contribution in [0, 0.1) is 0 Å². The number of aliphatic hydroxyl groups is 2. The molecule has 0 radical (unpaired) electrons. The number of nitrogens with zero attached hydrogens (tertiary/aromatic N) is 2. The van der Waals surface area contributed by atoms with Gasteiger partial charge in [0.1, 0.15) is 30.3 Å². The van der Waals surface area contributed by atoms with Crippen molar-refractivity contribution in [3.05, 3.63) is 58.6 Å². The van der Waals surface area contributed by atoms with Crippen molar-refractivity contribution in [1.82, 2.24) is 0 Å². The minimum Gasteiger partial charge on any atom is -0.872 e. The number of benzene rings is 2. The summed E-state index contributed by atoms with van der Waals surface area (Å²) in [5, 5.41) is 32.7. The number of thioether (sulfide) groups is 1. The van der Waals surface area contributed by atoms with Gasteiger partial charge in [-0.15, -0.1) is 5.75 Å². The first-order valence-corrected chi connectivity index (χ1v) is 11.8. The molecule has 0 unspecified atom stereocenters. The van der Waals surface area contributed by atoms with E-state index in [-0.39, 0.29) is 25.6 Å². The largest absolute Gasteiger partial charge is 0.872 e. The zero-order valence-electron chi connectivity index (χ0n) is 17.2. The van der Waals surface area contributed by atoms with Gasteiger partial charge in [0, 0.05) is 17.5 Å². The van der Waals surface area contributed by atoms with Crippen molar-refractivity contribution in [3.63, 3.8) is 0 Å². The predicted octanol–water partition coefficient (Wildman–Crippen LogP) is 3.06. The van der Waals surface area contributed by atoms with E-state index in [4.69, 9.17) is 4.74 Å². The van der Waals surface area contributed by atoms with E-state index in [1.54, 1.807) is 41.3 Å². The summed E-state index contributed by atoms with van der Waals surface area (Å²) < 4.78 is 20.9. The molecule has 1 aliphatic heterocycles. The van der Waals surface area contributed by atoms with Gasteiger partial charge in [0.15, 0.2) is 6.54 Å². The maximum absolute atomic E-state index is 12.4. The van der Waals surface area contributed by atoms with Gasteiger partial charge in [-0.2, -0.15) is 4.57 Å².